The number of carbonyl (C=O) groups excluding carboxylic acids is 1. The lowest BCUT2D eigenvalue weighted by Gasteiger charge is -2.45. The summed E-state index contributed by atoms with van der Waals surface area (Å²) in [5, 5.41) is 9.42. The molecular weight excluding hydrogens is 310 g/mol. The highest BCUT2D eigenvalue weighted by Crippen LogP contribution is 2.20. The van der Waals surface area contributed by atoms with Gasteiger partial charge in [0.25, 0.3) is 0 Å². The number of benzene rings is 1. The van der Waals surface area contributed by atoms with E-state index in [4.69, 9.17) is 4.74 Å². The molecule has 2 atom stereocenters. The van der Waals surface area contributed by atoms with Crippen LogP contribution in [0.5, 0.6) is 0 Å². The van der Waals surface area contributed by atoms with Crippen molar-refractivity contribution in [3.05, 3.63) is 35.9 Å². The summed E-state index contributed by atoms with van der Waals surface area (Å²) < 4.78 is 4.99. The van der Waals surface area contributed by atoms with Crippen molar-refractivity contribution in [2.75, 3.05) is 32.8 Å². The van der Waals surface area contributed by atoms with Gasteiger partial charge in [-0.15, -0.1) is 0 Å². The van der Waals surface area contributed by atoms with Crippen LogP contribution in [-0.4, -0.2) is 76.9 Å². The summed E-state index contributed by atoms with van der Waals surface area (Å²) in [5.74, 6) is 0. The van der Waals surface area contributed by atoms with Gasteiger partial charge in [0, 0.05) is 38.3 Å². The highest BCUT2D eigenvalue weighted by Gasteiger charge is 2.36. The van der Waals surface area contributed by atoms with E-state index in [0.717, 1.165) is 6.54 Å². The predicted octanol–water partition coefficient (Wildman–Crippen LogP) is 1.69. The van der Waals surface area contributed by atoms with Gasteiger partial charge in [-0.3, -0.25) is 4.90 Å². The van der Waals surface area contributed by atoms with E-state index in [0.29, 0.717) is 32.8 Å². The van der Waals surface area contributed by atoms with Gasteiger partial charge < -0.3 is 19.6 Å². The molecule has 0 spiro atoms. The molecule has 2 fully saturated rings. The van der Waals surface area contributed by atoms with Gasteiger partial charge in [0.1, 0.15) is 6.61 Å². The van der Waals surface area contributed by atoms with Crippen LogP contribution in [0, 0.1) is 0 Å². The number of ether oxygens (including phenoxy) is 1. The Bertz CT molecular complexity index is 593. The third kappa shape index (κ3) is 3.62. The lowest BCUT2D eigenvalue weighted by molar-refractivity contribution is 0.0241. The Hall–Kier alpha value is -2.28. The number of hydrogen-bond acceptors (Lipinski definition) is 4. The number of amides is 2. The first-order valence-electron chi connectivity index (χ1n) is 8.24. The molecule has 0 aliphatic carbocycles. The molecule has 0 unspecified atom stereocenters. The minimum absolute atomic E-state index is 0.0387. The zero-order valence-electron chi connectivity index (χ0n) is 13.8. The van der Waals surface area contributed by atoms with Crippen molar-refractivity contribution < 1.29 is 19.4 Å². The summed E-state index contributed by atoms with van der Waals surface area (Å²) in [4.78, 5) is 28.6. The van der Waals surface area contributed by atoms with Crippen molar-refractivity contribution in [2.45, 2.75) is 25.6 Å². The van der Waals surface area contributed by atoms with E-state index in [1.54, 1.807) is 4.90 Å². The average Bonchev–Trinajstić information content (AvgIpc) is 2.95. The van der Waals surface area contributed by atoms with Crippen molar-refractivity contribution >= 4 is 12.2 Å². The Morgan fingerprint density at radius 2 is 2.04 bits per heavy atom. The smallest absolute Gasteiger partial charge is 0.409 e. The van der Waals surface area contributed by atoms with Crippen LogP contribution in [-0.2, 0) is 11.3 Å². The third-order valence-corrected chi connectivity index (χ3v) is 4.70. The second kappa shape index (κ2) is 7.09. The fourth-order valence-corrected chi connectivity index (χ4v) is 3.41. The Labute approximate surface area is 141 Å². The molecule has 7 nitrogen and oxygen atoms in total. The van der Waals surface area contributed by atoms with Crippen molar-refractivity contribution in [2.24, 2.45) is 0 Å². The minimum atomic E-state index is -0.907. The van der Waals surface area contributed by atoms with Crippen LogP contribution in [0.1, 0.15) is 12.5 Å². The molecule has 1 N–H and O–H groups in total. The molecule has 2 saturated heterocycles. The lowest BCUT2D eigenvalue weighted by atomic mass is 10.1. The Balaban J connectivity index is 1.75. The summed E-state index contributed by atoms with van der Waals surface area (Å²) in [6.07, 6.45) is -1.22. The zero-order valence-corrected chi connectivity index (χ0v) is 13.8. The van der Waals surface area contributed by atoms with Crippen LogP contribution >= 0.6 is 0 Å². The molecule has 1 aromatic carbocycles. The highest BCUT2D eigenvalue weighted by atomic mass is 16.6. The molecule has 2 amide bonds. The molecule has 2 aliphatic rings. The van der Waals surface area contributed by atoms with Crippen molar-refractivity contribution in [1.29, 1.82) is 0 Å². The number of rotatable bonds is 4. The van der Waals surface area contributed by atoms with Gasteiger partial charge in [0.15, 0.2) is 0 Å². The Morgan fingerprint density at radius 3 is 2.67 bits per heavy atom. The van der Waals surface area contributed by atoms with Crippen LogP contribution in [0.4, 0.5) is 9.59 Å². The van der Waals surface area contributed by atoms with E-state index in [1.807, 2.05) is 25.1 Å². The molecule has 2 aliphatic heterocycles. The Morgan fingerprint density at radius 1 is 1.29 bits per heavy atom. The number of cyclic esters (lactones) is 1. The molecule has 2 heterocycles. The van der Waals surface area contributed by atoms with Gasteiger partial charge in [-0.05, 0) is 12.5 Å². The van der Waals surface area contributed by atoms with Gasteiger partial charge in [-0.1, -0.05) is 30.3 Å². The molecule has 24 heavy (non-hydrogen) atoms. The fourth-order valence-electron chi connectivity index (χ4n) is 3.41. The maximum atomic E-state index is 11.7. The number of nitrogens with zero attached hydrogens (tertiary/aromatic N) is 3. The van der Waals surface area contributed by atoms with Crippen LogP contribution in [0.2, 0.25) is 0 Å². The monoisotopic (exact) mass is 333 g/mol. The summed E-state index contributed by atoms with van der Waals surface area (Å²) in [7, 11) is 0. The molecule has 3 rings (SSSR count). The van der Waals surface area contributed by atoms with Crippen molar-refractivity contribution in [3.8, 4) is 0 Å². The first-order valence-corrected chi connectivity index (χ1v) is 8.24. The van der Waals surface area contributed by atoms with E-state index in [2.05, 4.69) is 17.0 Å². The van der Waals surface area contributed by atoms with Crippen LogP contribution in [0.15, 0.2) is 30.3 Å². The van der Waals surface area contributed by atoms with Crippen molar-refractivity contribution in [1.82, 2.24) is 14.7 Å². The van der Waals surface area contributed by atoms with E-state index in [9.17, 15) is 14.7 Å². The maximum Gasteiger partial charge on any atom is 0.409 e. The van der Waals surface area contributed by atoms with E-state index in [1.165, 1.54) is 10.5 Å². The van der Waals surface area contributed by atoms with E-state index >= 15 is 0 Å². The lowest BCUT2D eigenvalue weighted by Crippen LogP contribution is -2.61. The molecule has 7 heteroatoms. The molecule has 1 aromatic rings. The number of hydrogen-bond donors (Lipinski definition) is 1. The number of piperazine rings is 1. The van der Waals surface area contributed by atoms with Gasteiger partial charge in [0.2, 0.25) is 0 Å². The highest BCUT2D eigenvalue weighted by molar-refractivity contribution is 5.69. The standard InChI is InChI=1S/C17H23N3O4/c1-13-9-19(10-14-5-3-2-4-6-14)15(12-20(13)16(21)22)11-18-7-8-24-17(18)23/h2-6,13,15H,7-12H2,1H3,(H,21,22)/t13-,15+/m1/s1. The van der Waals surface area contributed by atoms with Gasteiger partial charge in [-0.2, -0.15) is 0 Å². The van der Waals surface area contributed by atoms with Crippen molar-refractivity contribution in [3.63, 3.8) is 0 Å². The molecule has 130 valence electrons. The number of carboxylic acid groups (broad SMARTS) is 1. The van der Waals surface area contributed by atoms with Gasteiger partial charge in [0.05, 0.1) is 6.54 Å². The summed E-state index contributed by atoms with van der Waals surface area (Å²) in [5.41, 5.74) is 1.18. The molecular formula is C17H23N3O4. The second-order valence-electron chi connectivity index (χ2n) is 6.41. The third-order valence-electron chi connectivity index (χ3n) is 4.70. The fraction of sp³-hybridized carbons (Fsp3) is 0.529. The minimum Gasteiger partial charge on any atom is -0.465 e. The quantitative estimate of drug-likeness (QED) is 0.908. The SMILES string of the molecule is C[C@@H]1CN(Cc2ccccc2)[C@@H](CN2CCOC2=O)CN1C(=O)O. The van der Waals surface area contributed by atoms with Gasteiger partial charge in [-0.25, -0.2) is 9.59 Å². The van der Waals surface area contributed by atoms with Crippen LogP contribution in [0.25, 0.3) is 0 Å². The molecule has 0 aromatic heterocycles. The maximum absolute atomic E-state index is 11.7. The van der Waals surface area contributed by atoms with E-state index in [-0.39, 0.29) is 18.2 Å². The average molecular weight is 333 g/mol. The summed E-state index contributed by atoms with van der Waals surface area (Å²) in [6.45, 7) is 5.17. The molecule has 0 saturated carbocycles. The Kier molecular flexibility index (Phi) is 4.89. The number of carbonyl (C=O) groups is 2. The molecule has 0 bridgehead atoms. The van der Waals surface area contributed by atoms with E-state index < -0.39 is 6.09 Å². The van der Waals surface area contributed by atoms with Gasteiger partial charge >= 0.3 is 12.2 Å². The first kappa shape index (κ1) is 16.6. The summed E-state index contributed by atoms with van der Waals surface area (Å²) >= 11 is 0. The molecule has 0 radical (unpaired) electrons. The largest absolute Gasteiger partial charge is 0.465 e. The van der Waals surface area contributed by atoms with Crippen LogP contribution in [0.3, 0.4) is 0 Å². The zero-order chi connectivity index (χ0) is 17.1. The second-order valence-corrected chi connectivity index (χ2v) is 6.41. The summed E-state index contributed by atoms with van der Waals surface area (Å²) in [6, 6.07) is 9.99. The normalized spacial score (nSPS) is 25.0. The topological polar surface area (TPSA) is 73.3 Å². The first-order chi connectivity index (χ1) is 11.5. The van der Waals surface area contributed by atoms with Crippen LogP contribution < -0.4 is 0 Å². The predicted molar refractivity (Wildman–Crippen MR) is 87.8 cm³/mol.